The van der Waals surface area contributed by atoms with Crippen LogP contribution in [0, 0.1) is 5.41 Å². The summed E-state index contributed by atoms with van der Waals surface area (Å²) in [4.78, 5) is 2.81. The first-order chi connectivity index (χ1) is 7.83. The Bertz CT molecular complexity index is 270. The van der Waals surface area contributed by atoms with Crippen LogP contribution < -0.4 is 5.32 Å². The lowest BCUT2D eigenvalue weighted by Crippen LogP contribution is -2.63. The van der Waals surface area contributed by atoms with Gasteiger partial charge in [0.15, 0.2) is 0 Å². The molecule has 100 valence electrons. The van der Waals surface area contributed by atoms with Crippen LogP contribution in [-0.2, 0) is 0 Å². The molecule has 0 spiro atoms. The smallest absolute Gasteiger partial charge is 0.0253 e. The minimum Gasteiger partial charge on any atom is -0.309 e. The zero-order chi connectivity index (χ0) is 12.7. The van der Waals surface area contributed by atoms with Crippen LogP contribution in [0.3, 0.4) is 0 Å². The van der Waals surface area contributed by atoms with Crippen molar-refractivity contribution in [2.75, 3.05) is 13.1 Å². The van der Waals surface area contributed by atoms with Gasteiger partial charge < -0.3 is 5.32 Å². The molecule has 0 aromatic carbocycles. The number of hydrogen-bond donors (Lipinski definition) is 1. The van der Waals surface area contributed by atoms with E-state index in [4.69, 9.17) is 0 Å². The monoisotopic (exact) mass is 238 g/mol. The van der Waals surface area contributed by atoms with E-state index >= 15 is 0 Å². The third kappa shape index (κ3) is 3.03. The average molecular weight is 238 g/mol. The predicted octanol–water partition coefficient (Wildman–Crippen LogP) is 3.03. The van der Waals surface area contributed by atoms with Gasteiger partial charge in [0.25, 0.3) is 0 Å². The number of hydrogen-bond acceptors (Lipinski definition) is 2. The Labute approximate surface area is 107 Å². The second-order valence-corrected chi connectivity index (χ2v) is 7.56. The first-order valence-electron chi connectivity index (χ1n) is 7.34. The highest BCUT2D eigenvalue weighted by Crippen LogP contribution is 2.41. The van der Waals surface area contributed by atoms with Crippen molar-refractivity contribution >= 4 is 0 Å². The Morgan fingerprint density at radius 3 is 2.47 bits per heavy atom. The minimum absolute atomic E-state index is 0.290. The Hall–Kier alpha value is -0.0800. The lowest BCUT2D eigenvalue weighted by Gasteiger charge is -2.47. The number of rotatable bonds is 2. The Balaban J connectivity index is 2.06. The summed E-state index contributed by atoms with van der Waals surface area (Å²) >= 11 is 0. The number of nitrogens with one attached hydrogen (secondary N) is 1. The third-order valence-corrected chi connectivity index (χ3v) is 4.75. The SMILES string of the molecule is CCC1CNC(C)(C)CN1C1CCC(C)(C)C1. The molecule has 0 radical (unpaired) electrons. The van der Waals surface area contributed by atoms with Crippen molar-refractivity contribution in [1.82, 2.24) is 10.2 Å². The Morgan fingerprint density at radius 1 is 1.24 bits per heavy atom. The normalized spacial score (nSPS) is 37.2. The van der Waals surface area contributed by atoms with Crippen molar-refractivity contribution in [3.05, 3.63) is 0 Å². The average Bonchev–Trinajstić information content (AvgIpc) is 2.58. The molecule has 0 aromatic heterocycles. The van der Waals surface area contributed by atoms with Gasteiger partial charge >= 0.3 is 0 Å². The molecule has 2 atom stereocenters. The summed E-state index contributed by atoms with van der Waals surface area (Å²) in [7, 11) is 0. The lowest BCUT2D eigenvalue weighted by molar-refractivity contribution is 0.0501. The Kier molecular flexibility index (Phi) is 3.57. The molecule has 1 heterocycles. The summed E-state index contributed by atoms with van der Waals surface area (Å²) in [5.41, 5.74) is 0.858. The van der Waals surface area contributed by atoms with Gasteiger partial charge in [-0.3, -0.25) is 4.90 Å². The summed E-state index contributed by atoms with van der Waals surface area (Å²) in [6.45, 7) is 14.3. The van der Waals surface area contributed by atoms with Crippen LogP contribution in [0.1, 0.15) is 60.3 Å². The molecule has 0 amide bonds. The van der Waals surface area contributed by atoms with Gasteiger partial charge in [-0.2, -0.15) is 0 Å². The van der Waals surface area contributed by atoms with Crippen LogP contribution in [0.25, 0.3) is 0 Å². The molecule has 2 unspecified atom stereocenters. The summed E-state index contributed by atoms with van der Waals surface area (Å²) < 4.78 is 0. The van der Waals surface area contributed by atoms with Crippen LogP contribution in [0.4, 0.5) is 0 Å². The minimum atomic E-state index is 0.290. The maximum Gasteiger partial charge on any atom is 0.0253 e. The van der Waals surface area contributed by atoms with Crippen LogP contribution >= 0.6 is 0 Å². The maximum atomic E-state index is 3.69. The van der Waals surface area contributed by atoms with E-state index in [-0.39, 0.29) is 0 Å². The largest absolute Gasteiger partial charge is 0.309 e. The van der Waals surface area contributed by atoms with Crippen molar-refractivity contribution < 1.29 is 0 Å². The first kappa shape index (κ1) is 13.4. The summed E-state index contributed by atoms with van der Waals surface area (Å²) in [5, 5.41) is 3.69. The fraction of sp³-hybridized carbons (Fsp3) is 1.00. The van der Waals surface area contributed by atoms with Gasteiger partial charge in [-0.15, -0.1) is 0 Å². The Morgan fingerprint density at radius 2 is 1.94 bits per heavy atom. The number of nitrogens with zero attached hydrogens (tertiary/aromatic N) is 1. The highest BCUT2D eigenvalue weighted by atomic mass is 15.3. The van der Waals surface area contributed by atoms with Crippen molar-refractivity contribution in [3.63, 3.8) is 0 Å². The number of piperazine rings is 1. The van der Waals surface area contributed by atoms with E-state index in [0.29, 0.717) is 11.0 Å². The van der Waals surface area contributed by atoms with Gasteiger partial charge in [-0.05, 0) is 44.9 Å². The topological polar surface area (TPSA) is 15.3 Å². The fourth-order valence-electron chi connectivity index (χ4n) is 3.64. The van der Waals surface area contributed by atoms with Crippen LogP contribution in [-0.4, -0.2) is 35.6 Å². The van der Waals surface area contributed by atoms with Crippen molar-refractivity contribution in [2.45, 2.75) is 77.9 Å². The highest BCUT2D eigenvalue weighted by molar-refractivity contribution is 4.98. The lowest BCUT2D eigenvalue weighted by atomic mass is 9.90. The molecule has 1 N–H and O–H groups in total. The van der Waals surface area contributed by atoms with Crippen LogP contribution in [0.5, 0.6) is 0 Å². The third-order valence-electron chi connectivity index (χ3n) is 4.75. The summed E-state index contributed by atoms with van der Waals surface area (Å²) in [6.07, 6.45) is 5.47. The van der Waals surface area contributed by atoms with Crippen molar-refractivity contribution in [2.24, 2.45) is 5.41 Å². The molecule has 1 aliphatic carbocycles. The molecule has 2 aliphatic rings. The zero-order valence-electron chi connectivity index (χ0n) is 12.3. The van der Waals surface area contributed by atoms with E-state index < -0.39 is 0 Å². The molecule has 1 saturated carbocycles. The summed E-state index contributed by atoms with van der Waals surface area (Å²) in [5.74, 6) is 0. The van der Waals surface area contributed by atoms with E-state index in [1.807, 2.05) is 0 Å². The van der Waals surface area contributed by atoms with E-state index in [1.54, 1.807) is 0 Å². The molecule has 0 bridgehead atoms. The molecule has 2 nitrogen and oxygen atoms in total. The molecular formula is C15H30N2. The predicted molar refractivity (Wildman–Crippen MR) is 74.3 cm³/mol. The van der Waals surface area contributed by atoms with Crippen LogP contribution in [0.2, 0.25) is 0 Å². The molecule has 2 rings (SSSR count). The molecule has 0 aromatic rings. The van der Waals surface area contributed by atoms with Crippen molar-refractivity contribution in [3.8, 4) is 0 Å². The van der Waals surface area contributed by atoms with Gasteiger partial charge in [-0.1, -0.05) is 20.8 Å². The highest BCUT2D eigenvalue weighted by Gasteiger charge is 2.40. The van der Waals surface area contributed by atoms with E-state index in [2.05, 4.69) is 44.8 Å². The molecular weight excluding hydrogens is 208 g/mol. The standard InChI is InChI=1S/C15H30N2/c1-6-12-10-16-15(4,5)11-17(12)13-7-8-14(2,3)9-13/h12-13,16H,6-11H2,1-5H3. The van der Waals surface area contributed by atoms with E-state index in [1.165, 1.54) is 38.8 Å². The molecule has 2 fully saturated rings. The molecule has 1 saturated heterocycles. The van der Waals surface area contributed by atoms with Gasteiger partial charge in [0.1, 0.15) is 0 Å². The molecule has 2 heteroatoms. The van der Waals surface area contributed by atoms with Gasteiger partial charge in [-0.25, -0.2) is 0 Å². The van der Waals surface area contributed by atoms with Gasteiger partial charge in [0.05, 0.1) is 0 Å². The van der Waals surface area contributed by atoms with Crippen molar-refractivity contribution in [1.29, 1.82) is 0 Å². The first-order valence-corrected chi connectivity index (χ1v) is 7.34. The van der Waals surface area contributed by atoms with E-state index in [0.717, 1.165) is 12.1 Å². The second kappa shape index (κ2) is 4.55. The maximum absolute atomic E-state index is 3.69. The molecule has 17 heavy (non-hydrogen) atoms. The quantitative estimate of drug-likeness (QED) is 0.795. The summed E-state index contributed by atoms with van der Waals surface area (Å²) in [6, 6.07) is 1.58. The van der Waals surface area contributed by atoms with Gasteiger partial charge in [0.2, 0.25) is 0 Å². The fourth-order valence-corrected chi connectivity index (χ4v) is 3.64. The van der Waals surface area contributed by atoms with Gasteiger partial charge in [0, 0.05) is 30.7 Å². The zero-order valence-corrected chi connectivity index (χ0v) is 12.3. The van der Waals surface area contributed by atoms with Crippen LogP contribution in [0.15, 0.2) is 0 Å². The molecule has 1 aliphatic heterocycles. The van der Waals surface area contributed by atoms with E-state index in [9.17, 15) is 0 Å². The second-order valence-electron chi connectivity index (χ2n) is 7.56.